The summed E-state index contributed by atoms with van der Waals surface area (Å²) in [5, 5.41) is 11.0. The van der Waals surface area contributed by atoms with Crippen LogP contribution in [0.1, 0.15) is 11.3 Å². The van der Waals surface area contributed by atoms with Crippen LogP contribution in [0, 0.1) is 0 Å². The van der Waals surface area contributed by atoms with Gasteiger partial charge in [-0.1, -0.05) is 54.6 Å². The Morgan fingerprint density at radius 1 is 0.680 bits per heavy atom. The molecule has 4 nitrogen and oxygen atoms in total. The van der Waals surface area contributed by atoms with Gasteiger partial charge in [0, 0.05) is 12.5 Å². The molecular formula is C21H14N2O2. The summed E-state index contributed by atoms with van der Waals surface area (Å²) in [6.07, 6.45) is 0.687. The van der Waals surface area contributed by atoms with Crippen LogP contribution in [0.2, 0.25) is 0 Å². The highest BCUT2D eigenvalue weighted by atomic mass is 16.6. The second kappa shape index (κ2) is 5.60. The number of rotatable bonds is 2. The van der Waals surface area contributed by atoms with Crippen molar-refractivity contribution in [2.75, 3.05) is 0 Å². The van der Waals surface area contributed by atoms with Gasteiger partial charge in [-0.15, -0.1) is 5.10 Å². The van der Waals surface area contributed by atoms with E-state index in [1.165, 1.54) is 16.3 Å². The fourth-order valence-corrected chi connectivity index (χ4v) is 3.11. The minimum atomic E-state index is 0.403. The van der Waals surface area contributed by atoms with Crippen LogP contribution < -0.4 is 9.47 Å². The molecule has 25 heavy (non-hydrogen) atoms. The van der Waals surface area contributed by atoms with Gasteiger partial charge >= 0.3 is 0 Å². The Bertz CT molecular complexity index is 1090. The summed E-state index contributed by atoms with van der Waals surface area (Å²) in [6.45, 7) is 0. The standard InChI is InChI=1S/C21H14N2O2/c1-2-9-17-14(6-1)7-5-8-15(17)12-16-13-20-21(23-22-16)25-19-11-4-3-10-18(19)24-20/h1-11,13H,12H2. The Kier molecular flexibility index (Phi) is 3.13. The van der Waals surface area contributed by atoms with Crippen LogP contribution in [-0.4, -0.2) is 10.2 Å². The van der Waals surface area contributed by atoms with Gasteiger partial charge in [0.25, 0.3) is 5.88 Å². The van der Waals surface area contributed by atoms with Crippen molar-refractivity contribution in [1.29, 1.82) is 0 Å². The van der Waals surface area contributed by atoms with Crippen molar-refractivity contribution in [1.82, 2.24) is 10.2 Å². The van der Waals surface area contributed by atoms with Gasteiger partial charge in [-0.05, 0) is 28.5 Å². The van der Waals surface area contributed by atoms with Gasteiger partial charge in [-0.25, -0.2) is 0 Å². The van der Waals surface area contributed by atoms with Crippen LogP contribution in [0.25, 0.3) is 10.8 Å². The van der Waals surface area contributed by atoms with Gasteiger partial charge in [0.15, 0.2) is 17.2 Å². The molecule has 0 aliphatic carbocycles. The van der Waals surface area contributed by atoms with Crippen molar-refractivity contribution in [2.24, 2.45) is 0 Å². The molecule has 0 N–H and O–H groups in total. The van der Waals surface area contributed by atoms with Crippen LogP contribution in [-0.2, 0) is 6.42 Å². The summed E-state index contributed by atoms with van der Waals surface area (Å²) >= 11 is 0. The molecule has 4 aromatic rings. The van der Waals surface area contributed by atoms with E-state index >= 15 is 0 Å². The molecule has 0 atom stereocenters. The number of hydrogen-bond donors (Lipinski definition) is 0. The van der Waals surface area contributed by atoms with E-state index in [1.54, 1.807) is 0 Å². The van der Waals surface area contributed by atoms with Crippen molar-refractivity contribution in [3.05, 3.63) is 84.1 Å². The molecular weight excluding hydrogens is 312 g/mol. The predicted octanol–water partition coefficient (Wildman–Crippen LogP) is 5.12. The van der Waals surface area contributed by atoms with Crippen molar-refractivity contribution in [2.45, 2.75) is 6.42 Å². The molecule has 0 bridgehead atoms. The maximum absolute atomic E-state index is 5.92. The molecule has 2 heterocycles. The van der Waals surface area contributed by atoms with Crippen molar-refractivity contribution < 1.29 is 9.47 Å². The normalized spacial score (nSPS) is 12.0. The quantitative estimate of drug-likeness (QED) is 0.452. The summed E-state index contributed by atoms with van der Waals surface area (Å²) in [7, 11) is 0. The zero-order valence-corrected chi connectivity index (χ0v) is 13.3. The molecule has 1 aromatic heterocycles. The first-order chi connectivity index (χ1) is 12.4. The first-order valence-electron chi connectivity index (χ1n) is 8.15. The Morgan fingerprint density at radius 2 is 1.44 bits per heavy atom. The highest BCUT2D eigenvalue weighted by Gasteiger charge is 2.20. The van der Waals surface area contributed by atoms with Gasteiger partial charge in [0.1, 0.15) is 0 Å². The molecule has 0 fully saturated rings. The second-order valence-corrected chi connectivity index (χ2v) is 5.97. The number of nitrogens with zero attached hydrogens (tertiary/aromatic N) is 2. The van der Waals surface area contributed by atoms with Crippen molar-refractivity contribution in [3.63, 3.8) is 0 Å². The molecule has 5 rings (SSSR count). The Balaban J connectivity index is 1.50. The topological polar surface area (TPSA) is 44.2 Å². The van der Waals surface area contributed by atoms with Crippen molar-refractivity contribution >= 4 is 10.8 Å². The molecule has 0 unspecified atom stereocenters. The molecule has 1 aliphatic rings. The average Bonchev–Trinajstić information content (AvgIpc) is 2.67. The van der Waals surface area contributed by atoms with Gasteiger partial charge in [-0.3, -0.25) is 0 Å². The Hall–Kier alpha value is -3.40. The molecule has 3 aromatic carbocycles. The highest BCUT2D eigenvalue weighted by Crippen LogP contribution is 2.43. The van der Waals surface area contributed by atoms with E-state index in [-0.39, 0.29) is 0 Å². The van der Waals surface area contributed by atoms with E-state index in [0.29, 0.717) is 29.5 Å². The van der Waals surface area contributed by atoms with E-state index in [2.05, 4.69) is 46.6 Å². The number of benzene rings is 3. The molecule has 4 heteroatoms. The number of aromatic nitrogens is 2. The van der Waals surface area contributed by atoms with Gasteiger partial charge in [-0.2, -0.15) is 5.10 Å². The lowest BCUT2D eigenvalue weighted by Crippen LogP contribution is -2.04. The van der Waals surface area contributed by atoms with Gasteiger partial charge in [0.05, 0.1) is 5.69 Å². The Labute approximate surface area is 144 Å². The van der Waals surface area contributed by atoms with E-state index in [9.17, 15) is 0 Å². The number of hydrogen-bond acceptors (Lipinski definition) is 4. The molecule has 0 spiro atoms. The summed E-state index contributed by atoms with van der Waals surface area (Å²) in [4.78, 5) is 0. The van der Waals surface area contributed by atoms with E-state index in [1.807, 2.05) is 36.4 Å². The third-order valence-corrected chi connectivity index (χ3v) is 4.30. The first kappa shape index (κ1) is 14.0. The largest absolute Gasteiger partial charge is 0.448 e. The average molecular weight is 326 g/mol. The van der Waals surface area contributed by atoms with Crippen LogP contribution >= 0.6 is 0 Å². The predicted molar refractivity (Wildman–Crippen MR) is 95.4 cm³/mol. The Morgan fingerprint density at radius 3 is 2.36 bits per heavy atom. The fraction of sp³-hybridized carbons (Fsp3) is 0.0476. The third kappa shape index (κ3) is 2.48. The SMILES string of the molecule is c1ccc2c(c1)Oc1cc(Cc3cccc4ccccc34)nnc1O2. The zero-order chi connectivity index (χ0) is 16.6. The maximum atomic E-state index is 5.92. The number of fused-ring (bicyclic) bond motifs is 3. The maximum Gasteiger partial charge on any atom is 0.282 e. The smallest absolute Gasteiger partial charge is 0.282 e. The number of ether oxygens (including phenoxy) is 2. The minimum Gasteiger partial charge on any atom is -0.448 e. The molecule has 1 aliphatic heterocycles. The minimum absolute atomic E-state index is 0.403. The second-order valence-electron chi connectivity index (χ2n) is 5.97. The summed E-state index contributed by atoms with van der Waals surface area (Å²) < 4.78 is 11.7. The molecule has 0 radical (unpaired) electrons. The van der Waals surface area contributed by atoms with E-state index in [0.717, 1.165) is 5.69 Å². The van der Waals surface area contributed by atoms with Crippen LogP contribution in [0.3, 0.4) is 0 Å². The van der Waals surface area contributed by atoms with Gasteiger partial charge in [0.2, 0.25) is 0 Å². The zero-order valence-electron chi connectivity index (χ0n) is 13.3. The van der Waals surface area contributed by atoms with E-state index in [4.69, 9.17) is 9.47 Å². The van der Waals surface area contributed by atoms with Gasteiger partial charge < -0.3 is 9.47 Å². The van der Waals surface area contributed by atoms with Crippen LogP contribution in [0.4, 0.5) is 0 Å². The van der Waals surface area contributed by atoms with Crippen molar-refractivity contribution in [3.8, 4) is 23.1 Å². The lowest BCUT2D eigenvalue weighted by Gasteiger charge is -2.19. The third-order valence-electron chi connectivity index (χ3n) is 4.30. The molecule has 0 amide bonds. The van der Waals surface area contributed by atoms with Crippen LogP contribution in [0.5, 0.6) is 23.1 Å². The number of para-hydroxylation sites is 2. The molecule has 0 saturated heterocycles. The fourth-order valence-electron chi connectivity index (χ4n) is 3.11. The summed E-state index contributed by atoms with van der Waals surface area (Å²) in [5.74, 6) is 2.36. The lowest BCUT2D eigenvalue weighted by atomic mass is 10.0. The van der Waals surface area contributed by atoms with E-state index < -0.39 is 0 Å². The summed E-state index contributed by atoms with van der Waals surface area (Å²) in [6, 6.07) is 24.1. The first-order valence-corrected chi connectivity index (χ1v) is 8.15. The monoisotopic (exact) mass is 326 g/mol. The van der Waals surface area contributed by atoms with Crippen LogP contribution in [0.15, 0.2) is 72.8 Å². The summed E-state index contributed by atoms with van der Waals surface area (Å²) in [5.41, 5.74) is 2.06. The molecule has 120 valence electrons. The molecule has 0 saturated carbocycles. The lowest BCUT2D eigenvalue weighted by molar-refractivity contribution is 0.342. The highest BCUT2D eigenvalue weighted by molar-refractivity contribution is 5.85.